The van der Waals surface area contributed by atoms with Crippen LogP contribution in [0.2, 0.25) is 0 Å². The van der Waals surface area contributed by atoms with E-state index in [4.69, 9.17) is 4.74 Å². The Morgan fingerprint density at radius 2 is 1.81 bits per heavy atom. The molecule has 0 spiro atoms. The predicted molar refractivity (Wildman–Crippen MR) is 81.9 cm³/mol. The number of amides is 1. The van der Waals surface area contributed by atoms with Gasteiger partial charge in [0.05, 0.1) is 12.7 Å². The van der Waals surface area contributed by atoms with Gasteiger partial charge in [0.2, 0.25) is 0 Å². The van der Waals surface area contributed by atoms with Gasteiger partial charge in [0.1, 0.15) is 11.5 Å². The Hall–Kier alpha value is -1.75. The van der Waals surface area contributed by atoms with Gasteiger partial charge in [0.25, 0.3) is 5.91 Å². The van der Waals surface area contributed by atoms with Gasteiger partial charge in [-0.15, -0.1) is 0 Å². The number of phenolic OH excluding ortho intramolecular Hbond substituents is 1. The van der Waals surface area contributed by atoms with Gasteiger partial charge in [-0.25, -0.2) is 0 Å². The van der Waals surface area contributed by atoms with Crippen LogP contribution < -0.4 is 4.74 Å². The molecule has 1 fully saturated rings. The minimum Gasteiger partial charge on any atom is -0.507 e. The zero-order valence-electron chi connectivity index (χ0n) is 13.2. The van der Waals surface area contributed by atoms with Crippen LogP contribution in [-0.2, 0) is 0 Å². The van der Waals surface area contributed by atoms with Crippen LogP contribution in [0.4, 0.5) is 0 Å². The van der Waals surface area contributed by atoms with E-state index >= 15 is 0 Å². The van der Waals surface area contributed by atoms with Gasteiger partial charge in [-0.1, -0.05) is 0 Å². The maximum absolute atomic E-state index is 12.5. The molecule has 116 valence electrons. The molecular weight excluding hydrogens is 268 g/mol. The molecular formula is C16H24N2O3. The van der Waals surface area contributed by atoms with E-state index in [1.807, 2.05) is 0 Å². The fourth-order valence-corrected chi connectivity index (χ4v) is 2.57. The number of nitrogens with zero attached hydrogens (tertiary/aromatic N) is 2. The number of hydrogen-bond acceptors (Lipinski definition) is 4. The third-order valence-electron chi connectivity index (χ3n) is 3.95. The zero-order valence-corrected chi connectivity index (χ0v) is 13.2. The second kappa shape index (κ2) is 5.93. The van der Waals surface area contributed by atoms with E-state index in [0.717, 1.165) is 13.1 Å². The maximum atomic E-state index is 12.5. The highest BCUT2D eigenvalue weighted by molar-refractivity contribution is 5.97. The van der Waals surface area contributed by atoms with Gasteiger partial charge >= 0.3 is 0 Å². The van der Waals surface area contributed by atoms with E-state index in [-0.39, 0.29) is 17.2 Å². The summed E-state index contributed by atoms with van der Waals surface area (Å²) in [6, 6.07) is 4.78. The third kappa shape index (κ3) is 3.47. The van der Waals surface area contributed by atoms with Gasteiger partial charge in [0, 0.05) is 37.8 Å². The van der Waals surface area contributed by atoms with Crippen LogP contribution in [0.25, 0.3) is 0 Å². The van der Waals surface area contributed by atoms with Crippen molar-refractivity contribution in [1.82, 2.24) is 9.80 Å². The number of hydrogen-bond donors (Lipinski definition) is 1. The molecule has 2 rings (SSSR count). The average molecular weight is 292 g/mol. The van der Waals surface area contributed by atoms with Crippen LogP contribution >= 0.6 is 0 Å². The second-order valence-electron chi connectivity index (χ2n) is 6.33. The van der Waals surface area contributed by atoms with Gasteiger partial charge in [-0.05, 0) is 32.9 Å². The van der Waals surface area contributed by atoms with E-state index in [1.165, 1.54) is 13.2 Å². The summed E-state index contributed by atoms with van der Waals surface area (Å²) in [5.41, 5.74) is 0.456. The minimum absolute atomic E-state index is 0.0300. The molecule has 1 aromatic rings. The summed E-state index contributed by atoms with van der Waals surface area (Å²) in [5, 5.41) is 9.97. The summed E-state index contributed by atoms with van der Waals surface area (Å²) in [7, 11) is 1.53. The van der Waals surface area contributed by atoms with E-state index in [0.29, 0.717) is 24.4 Å². The topological polar surface area (TPSA) is 53.0 Å². The summed E-state index contributed by atoms with van der Waals surface area (Å²) in [6.45, 7) is 9.61. The highest BCUT2D eigenvalue weighted by atomic mass is 16.5. The molecule has 5 nitrogen and oxygen atoms in total. The third-order valence-corrected chi connectivity index (χ3v) is 3.95. The van der Waals surface area contributed by atoms with Crippen molar-refractivity contribution in [1.29, 1.82) is 0 Å². The lowest BCUT2D eigenvalue weighted by Gasteiger charge is -2.42. The molecule has 0 bridgehead atoms. The molecule has 0 unspecified atom stereocenters. The van der Waals surface area contributed by atoms with Crippen molar-refractivity contribution in [2.24, 2.45) is 0 Å². The first-order chi connectivity index (χ1) is 9.82. The number of ether oxygens (including phenoxy) is 1. The predicted octanol–water partition coefficient (Wildman–Crippen LogP) is 1.96. The molecule has 1 aromatic carbocycles. The molecule has 1 amide bonds. The van der Waals surface area contributed by atoms with Gasteiger partial charge < -0.3 is 14.7 Å². The second-order valence-corrected chi connectivity index (χ2v) is 6.33. The van der Waals surface area contributed by atoms with Crippen LogP contribution in [0.3, 0.4) is 0 Å². The normalized spacial score (nSPS) is 16.9. The first kappa shape index (κ1) is 15.6. The molecule has 1 aliphatic heterocycles. The molecule has 0 atom stereocenters. The van der Waals surface area contributed by atoms with Crippen molar-refractivity contribution >= 4 is 5.91 Å². The number of piperazine rings is 1. The van der Waals surface area contributed by atoms with Crippen LogP contribution in [0.5, 0.6) is 11.5 Å². The SMILES string of the molecule is COc1ccc(C(=O)N2CCN(C(C)(C)C)CC2)c(O)c1. The largest absolute Gasteiger partial charge is 0.507 e. The summed E-state index contributed by atoms with van der Waals surface area (Å²) in [5.74, 6) is 0.392. The van der Waals surface area contributed by atoms with Crippen LogP contribution in [0, 0.1) is 0 Å². The van der Waals surface area contributed by atoms with Crippen molar-refractivity contribution < 1.29 is 14.6 Å². The van der Waals surface area contributed by atoms with Crippen molar-refractivity contribution in [3.05, 3.63) is 23.8 Å². The van der Waals surface area contributed by atoms with E-state index < -0.39 is 0 Å². The molecule has 0 radical (unpaired) electrons. The zero-order chi connectivity index (χ0) is 15.6. The van der Waals surface area contributed by atoms with Crippen molar-refractivity contribution in [2.45, 2.75) is 26.3 Å². The molecule has 1 heterocycles. The first-order valence-corrected chi connectivity index (χ1v) is 7.24. The lowest BCUT2D eigenvalue weighted by molar-refractivity contribution is 0.0449. The van der Waals surface area contributed by atoms with E-state index in [1.54, 1.807) is 17.0 Å². The summed E-state index contributed by atoms with van der Waals surface area (Å²) >= 11 is 0. The fraction of sp³-hybridized carbons (Fsp3) is 0.562. The van der Waals surface area contributed by atoms with E-state index in [9.17, 15) is 9.90 Å². The molecule has 1 aliphatic rings. The molecule has 21 heavy (non-hydrogen) atoms. The highest BCUT2D eigenvalue weighted by Gasteiger charge is 2.29. The van der Waals surface area contributed by atoms with Crippen molar-refractivity contribution in [3.8, 4) is 11.5 Å². The van der Waals surface area contributed by atoms with Crippen molar-refractivity contribution in [3.63, 3.8) is 0 Å². The smallest absolute Gasteiger partial charge is 0.257 e. The maximum Gasteiger partial charge on any atom is 0.257 e. The van der Waals surface area contributed by atoms with Crippen LogP contribution in [0.15, 0.2) is 18.2 Å². The number of carbonyl (C=O) groups excluding carboxylic acids is 1. The van der Waals surface area contributed by atoms with Gasteiger partial charge in [-0.3, -0.25) is 9.69 Å². The monoisotopic (exact) mass is 292 g/mol. The molecule has 1 saturated heterocycles. The van der Waals surface area contributed by atoms with Crippen LogP contribution in [-0.4, -0.2) is 59.6 Å². The van der Waals surface area contributed by atoms with Gasteiger partial charge in [-0.2, -0.15) is 0 Å². The highest BCUT2D eigenvalue weighted by Crippen LogP contribution is 2.25. The van der Waals surface area contributed by atoms with Gasteiger partial charge in [0.15, 0.2) is 0 Å². The Morgan fingerprint density at radius 3 is 2.29 bits per heavy atom. The number of methoxy groups -OCH3 is 1. The number of carbonyl (C=O) groups is 1. The summed E-state index contributed by atoms with van der Waals surface area (Å²) < 4.78 is 5.04. The molecule has 1 N–H and O–H groups in total. The lowest BCUT2D eigenvalue weighted by atomic mass is 10.0. The Kier molecular flexibility index (Phi) is 4.42. The Morgan fingerprint density at radius 1 is 1.19 bits per heavy atom. The molecule has 0 aromatic heterocycles. The Labute approximate surface area is 126 Å². The quantitative estimate of drug-likeness (QED) is 0.905. The van der Waals surface area contributed by atoms with Crippen LogP contribution in [0.1, 0.15) is 31.1 Å². The summed E-state index contributed by atoms with van der Waals surface area (Å²) in [4.78, 5) is 16.6. The Balaban J connectivity index is 2.05. The number of benzene rings is 1. The fourth-order valence-electron chi connectivity index (χ4n) is 2.57. The number of rotatable bonds is 2. The molecule has 5 heteroatoms. The number of phenols is 1. The lowest BCUT2D eigenvalue weighted by Crippen LogP contribution is -2.54. The minimum atomic E-state index is -0.122. The summed E-state index contributed by atoms with van der Waals surface area (Å²) in [6.07, 6.45) is 0. The van der Waals surface area contributed by atoms with Crippen molar-refractivity contribution in [2.75, 3.05) is 33.3 Å². The molecule has 0 aliphatic carbocycles. The average Bonchev–Trinajstić information content (AvgIpc) is 2.45. The first-order valence-electron chi connectivity index (χ1n) is 7.24. The standard InChI is InChI=1S/C16H24N2O3/c1-16(2,3)18-9-7-17(8-10-18)15(20)13-6-5-12(21-4)11-14(13)19/h5-6,11,19H,7-10H2,1-4H3. The Bertz CT molecular complexity index is 515. The van der Waals surface area contributed by atoms with E-state index in [2.05, 4.69) is 25.7 Å². The number of aromatic hydroxyl groups is 1. The molecule has 0 saturated carbocycles.